The van der Waals surface area contributed by atoms with Crippen LogP contribution in [-0.2, 0) is 4.74 Å². The number of esters is 1. The third-order valence-electron chi connectivity index (χ3n) is 3.94. The first-order valence-corrected chi connectivity index (χ1v) is 8.63. The van der Waals surface area contributed by atoms with E-state index in [1.54, 1.807) is 30.5 Å². The number of nitrogens with zero attached hydrogens (tertiary/aromatic N) is 3. The first kappa shape index (κ1) is 19.0. The highest BCUT2D eigenvalue weighted by atomic mass is 35.5. The van der Waals surface area contributed by atoms with E-state index in [-0.39, 0.29) is 10.6 Å². The van der Waals surface area contributed by atoms with E-state index in [9.17, 15) is 9.59 Å². The van der Waals surface area contributed by atoms with Crippen LogP contribution in [0.15, 0.2) is 35.3 Å². The molecule has 2 aromatic rings. The van der Waals surface area contributed by atoms with Gasteiger partial charge in [0.25, 0.3) is 5.56 Å². The summed E-state index contributed by atoms with van der Waals surface area (Å²) in [6, 6.07) is 6.62. The SMILES string of the molecule is CCCCN(CC)c1cnn(-c2ccccc2C(=O)OC)c(=O)c1Cl. The number of unbranched alkanes of at least 4 members (excludes halogenated alkanes) is 1. The number of benzene rings is 1. The Balaban J connectivity index is 2.52. The van der Waals surface area contributed by atoms with Gasteiger partial charge in [-0.05, 0) is 25.5 Å². The Morgan fingerprint density at radius 3 is 2.68 bits per heavy atom. The first-order valence-electron chi connectivity index (χ1n) is 8.25. The maximum atomic E-state index is 12.7. The molecule has 0 fully saturated rings. The summed E-state index contributed by atoms with van der Waals surface area (Å²) in [7, 11) is 1.29. The van der Waals surface area contributed by atoms with Gasteiger partial charge in [-0.2, -0.15) is 9.78 Å². The number of rotatable bonds is 7. The van der Waals surface area contributed by atoms with E-state index < -0.39 is 11.5 Å². The zero-order chi connectivity index (χ0) is 18.4. The van der Waals surface area contributed by atoms with Gasteiger partial charge in [-0.15, -0.1) is 0 Å². The Hall–Kier alpha value is -2.34. The predicted molar refractivity (Wildman–Crippen MR) is 99.0 cm³/mol. The van der Waals surface area contributed by atoms with Crippen LogP contribution >= 0.6 is 11.6 Å². The van der Waals surface area contributed by atoms with Crippen molar-refractivity contribution in [1.82, 2.24) is 9.78 Å². The molecule has 0 N–H and O–H groups in total. The first-order chi connectivity index (χ1) is 12.0. The number of carbonyl (C=O) groups is 1. The topological polar surface area (TPSA) is 64.4 Å². The van der Waals surface area contributed by atoms with Gasteiger partial charge in [0.15, 0.2) is 0 Å². The quantitative estimate of drug-likeness (QED) is 0.706. The van der Waals surface area contributed by atoms with Crippen molar-refractivity contribution in [3.05, 3.63) is 51.4 Å². The summed E-state index contributed by atoms with van der Waals surface area (Å²) < 4.78 is 5.90. The number of hydrogen-bond donors (Lipinski definition) is 0. The lowest BCUT2D eigenvalue weighted by molar-refractivity contribution is 0.0600. The van der Waals surface area contributed by atoms with Crippen molar-refractivity contribution in [3.63, 3.8) is 0 Å². The summed E-state index contributed by atoms with van der Waals surface area (Å²) in [6.45, 7) is 5.64. The summed E-state index contributed by atoms with van der Waals surface area (Å²) >= 11 is 6.34. The van der Waals surface area contributed by atoms with Crippen molar-refractivity contribution in [2.75, 3.05) is 25.1 Å². The van der Waals surface area contributed by atoms with Gasteiger partial charge in [-0.25, -0.2) is 4.79 Å². The number of halogens is 1. The highest BCUT2D eigenvalue weighted by Gasteiger charge is 2.19. The van der Waals surface area contributed by atoms with Crippen LogP contribution in [0, 0.1) is 0 Å². The van der Waals surface area contributed by atoms with Crippen LogP contribution in [0.2, 0.25) is 5.02 Å². The number of hydrogen-bond acceptors (Lipinski definition) is 5. The second-order valence-corrected chi connectivity index (χ2v) is 5.88. The fourth-order valence-electron chi connectivity index (χ4n) is 2.55. The molecule has 0 amide bonds. The lowest BCUT2D eigenvalue weighted by atomic mass is 10.2. The smallest absolute Gasteiger partial charge is 0.340 e. The standard InChI is InChI=1S/C18H22ClN3O3/c1-4-6-11-21(5-2)15-12-20-22(17(23)16(15)19)14-10-8-7-9-13(14)18(24)25-3/h7-10,12H,4-6,11H2,1-3H3. The molecular weight excluding hydrogens is 342 g/mol. The highest BCUT2D eigenvalue weighted by molar-refractivity contribution is 6.33. The second-order valence-electron chi connectivity index (χ2n) is 5.50. The Kier molecular flexibility index (Phi) is 6.58. The van der Waals surface area contributed by atoms with Crippen molar-refractivity contribution < 1.29 is 9.53 Å². The lowest BCUT2D eigenvalue weighted by Gasteiger charge is -2.23. The fraction of sp³-hybridized carbons (Fsp3) is 0.389. The molecule has 0 radical (unpaired) electrons. The summed E-state index contributed by atoms with van der Waals surface area (Å²) in [5.41, 5.74) is 0.728. The predicted octanol–water partition coefficient (Wildman–Crippen LogP) is 3.30. The van der Waals surface area contributed by atoms with E-state index in [1.165, 1.54) is 7.11 Å². The number of ether oxygens (including phenoxy) is 1. The zero-order valence-electron chi connectivity index (χ0n) is 14.7. The largest absolute Gasteiger partial charge is 0.465 e. The van der Waals surface area contributed by atoms with Gasteiger partial charge in [-0.1, -0.05) is 37.1 Å². The minimum absolute atomic E-state index is 0.0904. The minimum atomic E-state index is -0.539. The molecule has 0 aliphatic carbocycles. The molecule has 1 aromatic carbocycles. The summed E-state index contributed by atoms with van der Waals surface area (Å²) in [5.74, 6) is -0.539. The molecule has 0 atom stereocenters. The van der Waals surface area contributed by atoms with E-state index in [4.69, 9.17) is 16.3 Å². The monoisotopic (exact) mass is 363 g/mol. The molecule has 0 aliphatic rings. The molecule has 2 rings (SSSR count). The van der Waals surface area contributed by atoms with E-state index >= 15 is 0 Å². The van der Waals surface area contributed by atoms with E-state index in [1.807, 2.05) is 11.8 Å². The molecule has 1 heterocycles. The summed E-state index contributed by atoms with van der Waals surface area (Å²) in [4.78, 5) is 26.7. The van der Waals surface area contributed by atoms with Crippen molar-refractivity contribution in [2.24, 2.45) is 0 Å². The van der Waals surface area contributed by atoms with Crippen LogP contribution < -0.4 is 10.5 Å². The molecule has 7 heteroatoms. The van der Waals surface area contributed by atoms with E-state index in [0.29, 0.717) is 11.4 Å². The van der Waals surface area contributed by atoms with Gasteiger partial charge in [-0.3, -0.25) is 4.79 Å². The number of aromatic nitrogens is 2. The highest BCUT2D eigenvalue weighted by Crippen LogP contribution is 2.23. The molecule has 0 saturated heterocycles. The molecule has 0 bridgehead atoms. The third-order valence-corrected chi connectivity index (χ3v) is 4.30. The van der Waals surface area contributed by atoms with Crippen molar-refractivity contribution in [1.29, 1.82) is 0 Å². The van der Waals surface area contributed by atoms with Gasteiger partial charge in [0, 0.05) is 13.1 Å². The van der Waals surface area contributed by atoms with E-state index in [0.717, 1.165) is 30.6 Å². The van der Waals surface area contributed by atoms with Gasteiger partial charge >= 0.3 is 5.97 Å². The van der Waals surface area contributed by atoms with Crippen LogP contribution in [0.3, 0.4) is 0 Å². The molecule has 134 valence electrons. The molecular formula is C18H22ClN3O3. The normalized spacial score (nSPS) is 10.6. The molecule has 0 spiro atoms. The number of anilines is 1. The Morgan fingerprint density at radius 2 is 2.04 bits per heavy atom. The van der Waals surface area contributed by atoms with Gasteiger partial charge < -0.3 is 9.64 Å². The van der Waals surface area contributed by atoms with Crippen LogP contribution in [0.5, 0.6) is 0 Å². The second kappa shape index (κ2) is 8.67. The Labute approximate surface area is 152 Å². The average molecular weight is 364 g/mol. The van der Waals surface area contributed by atoms with Crippen LogP contribution in [0.1, 0.15) is 37.0 Å². The van der Waals surface area contributed by atoms with Crippen LogP contribution in [0.4, 0.5) is 5.69 Å². The van der Waals surface area contributed by atoms with Crippen molar-refractivity contribution in [3.8, 4) is 5.69 Å². The van der Waals surface area contributed by atoms with E-state index in [2.05, 4.69) is 12.0 Å². The third kappa shape index (κ3) is 4.02. The fourth-order valence-corrected chi connectivity index (χ4v) is 2.80. The minimum Gasteiger partial charge on any atom is -0.465 e. The number of carbonyl (C=O) groups excluding carboxylic acids is 1. The molecule has 0 saturated carbocycles. The molecule has 1 aromatic heterocycles. The van der Waals surface area contributed by atoms with Gasteiger partial charge in [0.1, 0.15) is 5.02 Å². The Morgan fingerprint density at radius 1 is 1.32 bits per heavy atom. The molecule has 6 nitrogen and oxygen atoms in total. The maximum absolute atomic E-state index is 12.7. The van der Waals surface area contributed by atoms with Crippen LogP contribution in [0.25, 0.3) is 5.69 Å². The number of methoxy groups -OCH3 is 1. The summed E-state index contributed by atoms with van der Waals surface area (Å²) in [5, 5.41) is 4.32. The zero-order valence-corrected chi connectivity index (χ0v) is 15.4. The summed E-state index contributed by atoms with van der Waals surface area (Å²) in [6.07, 6.45) is 3.61. The molecule has 0 aliphatic heterocycles. The average Bonchev–Trinajstić information content (AvgIpc) is 2.65. The molecule has 25 heavy (non-hydrogen) atoms. The Bertz CT molecular complexity index is 804. The lowest BCUT2D eigenvalue weighted by Crippen LogP contribution is -2.30. The van der Waals surface area contributed by atoms with Crippen molar-refractivity contribution in [2.45, 2.75) is 26.7 Å². The van der Waals surface area contributed by atoms with Crippen molar-refractivity contribution >= 4 is 23.3 Å². The van der Waals surface area contributed by atoms with Crippen LogP contribution in [-0.4, -0.2) is 35.9 Å². The maximum Gasteiger partial charge on any atom is 0.340 e. The van der Waals surface area contributed by atoms with Gasteiger partial charge in [0.05, 0.1) is 30.2 Å². The molecule has 0 unspecified atom stereocenters. The van der Waals surface area contributed by atoms with Gasteiger partial charge in [0.2, 0.25) is 0 Å². The number of para-hydroxylation sites is 1.